The molecule has 0 aromatic rings. The molecule has 3 aliphatic rings. The molecule has 1 amide bonds. The molecule has 5 nitrogen and oxygen atoms in total. The first kappa shape index (κ1) is 15.8. The second kappa shape index (κ2) is 5.82. The maximum absolute atomic E-state index is 12.8. The lowest BCUT2D eigenvalue weighted by Crippen LogP contribution is -2.50. The van der Waals surface area contributed by atoms with Crippen molar-refractivity contribution in [3.05, 3.63) is 0 Å². The highest BCUT2D eigenvalue weighted by atomic mass is 16.5. The number of nitrogens with zero attached hydrogens (tertiary/aromatic N) is 3. The third kappa shape index (κ3) is 2.63. The number of hydrogen-bond donors (Lipinski definition) is 0. The second-order valence-corrected chi connectivity index (χ2v) is 7.51. The number of carbonyl (C=O) groups is 1. The van der Waals surface area contributed by atoms with E-state index in [-0.39, 0.29) is 11.5 Å². The number of piperidine rings is 1. The van der Waals surface area contributed by atoms with Gasteiger partial charge in [-0.25, -0.2) is 0 Å². The predicted molar refractivity (Wildman–Crippen MR) is 83.1 cm³/mol. The van der Waals surface area contributed by atoms with Gasteiger partial charge in [0.15, 0.2) is 0 Å². The zero-order chi connectivity index (χ0) is 15.8. The van der Waals surface area contributed by atoms with Crippen LogP contribution in [0.2, 0.25) is 0 Å². The molecule has 1 atom stereocenters. The number of ether oxygens (including phenoxy) is 1. The Kier molecular flexibility index (Phi) is 4.17. The summed E-state index contributed by atoms with van der Waals surface area (Å²) in [6, 6.07) is 2.82. The summed E-state index contributed by atoms with van der Waals surface area (Å²) in [6.07, 6.45) is 6.36. The summed E-state index contributed by atoms with van der Waals surface area (Å²) in [5.74, 6) is 0.0736. The number of amides is 1. The molecule has 1 aliphatic carbocycles. The Morgan fingerprint density at radius 2 is 1.86 bits per heavy atom. The van der Waals surface area contributed by atoms with E-state index in [0.717, 1.165) is 64.6 Å². The summed E-state index contributed by atoms with van der Waals surface area (Å²) >= 11 is 0. The minimum Gasteiger partial charge on any atom is -0.373 e. The molecule has 2 saturated heterocycles. The van der Waals surface area contributed by atoms with Crippen molar-refractivity contribution in [2.45, 2.75) is 56.6 Å². The van der Waals surface area contributed by atoms with E-state index in [0.29, 0.717) is 6.04 Å². The lowest BCUT2D eigenvalue weighted by molar-refractivity contribution is -0.143. The second-order valence-electron chi connectivity index (χ2n) is 7.51. The first-order chi connectivity index (χ1) is 10.5. The minimum atomic E-state index is -0.729. The Bertz CT molecular complexity index is 469. The molecule has 2 aliphatic heterocycles. The lowest BCUT2D eigenvalue weighted by Gasteiger charge is -2.40. The zero-order valence-corrected chi connectivity index (χ0v) is 13.8. The third-order valence-corrected chi connectivity index (χ3v) is 5.96. The van der Waals surface area contributed by atoms with Gasteiger partial charge in [0.1, 0.15) is 5.41 Å². The van der Waals surface area contributed by atoms with Crippen LogP contribution < -0.4 is 0 Å². The van der Waals surface area contributed by atoms with Crippen LogP contribution in [-0.4, -0.2) is 61.1 Å². The van der Waals surface area contributed by atoms with Crippen LogP contribution in [0.15, 0.2) is 0 Å². The largest absolute Gasteiger partial charge is 0.373 e. The fraction of sp³-hybridized carbons (Fsp3) is 0.882. The number of nitriles is 1. The van der Waals surface area contributed by atoms with E-state index in [1.54, 1.807) is 0 Å². The van der Waals surface area contributed by atoms with Crippen molar-refractivity contribution in [3.63, 3.8) is 0 Å². The van der Waals surface area contributed by atoms with Crippen molar-refractivity contribution in [1.82, 2.24) is 9.80 Å². The summed E-state index contributed by atoms with van der Waals surface area (Å²) in [6.45, 7) is 2.27. The zero-order valence-electron chi connectivity index (χ0n) is 13.8. The molecule has 0 bridgehead atoms. The molecule has 1 spiro atoms. The average molecular weight is 305 g/mol. The smallest absolute Gasteiger partial charge is 0.243 e. The van der Waals surface area contributed by atoms with E-state index in [9.17, 15) is 10.1 Å². The summed E-state index contributed by atoms with van der Waals surface area (Å²) in [5, 5.41) is 9.49. The number of hydrogen-bond acceptors (Lipinski definition) is 4. The van der Waals surface area contributed by atoms with Crippen molar-refractivity contribution in [3.8, 4) is 6.07 Å². The van der Waals surface area contributed by atoms with Gasteiger partial charge in [0.25, 0.3) is 0 Å². The lowest BCUT2D eigenvalue weighted by atomic mass is 9.83. The number of likely N-dealkylation sites (N-methyl/N-ethyl adjacent to an activating group) is 1. The molecule has 0 N–H and O–H groups in total. The van der Waals surface area contributed by atoms with Gasteiger partial charge in [-0.1, -0.05) is 12.8 Å². The molecule has 2 heterocycles. The van der Waals surface area contributed by atoms with E-state index in [1.165, 1.54) is 0 Å². The summed E-state index contributed by atoms with van der Waals surface area (Å²) in [4.78, 5) is 16.9. The van der Waals surface area contributed by atoms with Gasteiger partial charge in [0.2, 0.25) is 5.91 Å². The van der Waals surface area contributed by atoms with Crippen molar-refractivity contribution < 1.29 is 9.53 Å². The molecule has 1 saturated carbocycles. The number of likely N-dealkylation sites (tertiary alicyclic amines) is 1. The van der Waals surface area contributed by atoms with Gasteiger partial charge in [-0.3, -0.25) is 4.79 Å². The Morgan fingerprint density at radius 3 is 2.36 bits per heavy atom. The maximum Gasteiger partial charge on any atom is 0.243 e. The van der Waals surface area contributed by atoms with E-state index in [1.807, 2.05) is 4.90 Å². The molecule has 5 heteroatoms. The van der Waals surface area contributed by atoms with Gasteiger partial charge in [0.05, 0.1) is 18.3 Å². The number of rotatable bonds is 2. The first-order valence-corrected chi connectivity index (χ1v) is 8.51. The fourth-order valence-electron chi connectivity index (χ4n) is 4.27. The van der Waals surface area contributed by atoms with Crippen LogP contribution in [0.1, 0.15) is 44.9 Å². The molecule has 122 valence electrons. The van der Waals surface area contributed by atoms with Gasteiger partial charge < -0.3 is 14.5 Å². The van der Waals surface area contributed by atoms with Gasteiger partial charge in [0, 0.05) is 19.1 Å². The van der Waals surface area contributed by atoms with Crippen molar-refractivity contribution in [2.24, 2.45) is 5.41 Å². The molecule has 0 radical (unpaired) electrons. The monoisotopic (exact) mass is 305 g/mol. The van der Waals surface area contributed by atoms with Crippen molar-refractivity contribution in [2.75, 3.05) is 33.8 Å². The summed E-state index contributed by atoms with van der Waals surface area (Å²) in [7, 11) is 4.20. The summed E-state index contributed by atoms with van der Waals surface area (Å²) in [5.41, 5.74) is -0.769. The van der Waals surface area contributed by atoms with Crippen molar-refractivity contribution >= 4 is 5.91 Å². The maximum atomic E-state index is 12.8. The predicted octanol–water partition coefficient (Wildman–Crippen LogP) is 1.78. The van der Waals surface area contributed by atoms with Crippen LogP contribution in [0.25, 0.3) is 0 Å². The third-order valence-electron chi connectivity index (χ3n) is 5.96. The Labute approximate surface area is 133 Å². The van der Waals surface area contributed by atoms with Gasteiger partial charge >= 0.3 is 0 Å². The van der Waals surface area contributed by atoms with Crippen molar-refractivity contribution in [1.29, 1.82) is 5.26 Å². The van der Waals surface area contributed by atoms with Crippen LogP contribution in [0.4, 0.5) is 0 Å². The standard InChI is InChI=1S/C17H27N3O2/c1-19(2)14-11-17(22-12-14)7-9-20(10-8-17)15(21)16(13-18)5-3-4-6-16/h14H,3-12H2,1-2H3. The molecule has 0 aromatic carbocycles. The van der Waals surface area contributed by atoms with Gasteiger partial charge in [-0.2, -0.15) is 5.26 Å². The van der Waals surface area contributed by atoms with E-state index >= 15 is 0 Å². The highest BCUT2D eigenvalue weighted by molar-refractivity contribution is 5.86. The number of carbonyl (C=O) groups excluding carboxylic acids is 1. The minimum absolute atomic E-state index is 0.0405. The molecule has 1 unspecified atom stereocenters. The average Bonchev–Trinajstić information content (AvgIpc) is 3.16. The quantitative estimate of drug-likeness (QED) is 0.780. The topological polar surface area (TPSA) is 56.6 Å². The molecular weight excluding hydrogens is 278 g/mol. The van der Waals surface area contributed by atoms with Crippen LogP contribution >= 0.6 is 0 Å². The van der Waals surface area contributed by atoms with Gasteiger partial charge in [-0.15, -0.1) is 0 Å². The molecule has 3 fully saturated rings. The van der Waals surface area contributed by atoms with E-state index in [4.69, 9.17) is 4.74 Å². The molecule has 22 heavy (non-hydrogen) atoms. The van der Waals surface area contributed by atoms with Crippen LogP contribution in [-0.2, 0) is 9.53 Å². The summed E-state index contributed by atoms with van der Waals surface area (Å²) < 4.78 is 6.12. The first-order valence-electron chi connectivity index (χ1n) is 8.51. The van der Waals surface area contributed by atoms with E-state index < -0.39 is 5.41 Å². The SMILES string of the molecule is CN(C)C1COC2(CCN(C(=O)C3(C#N)CCCC3)CC2)C1. The fourth-order valence-corrected chi connectivity index (χ4v) is 4.27. The molecule has 0 aromatic heterocycles. The Balaban J connectivity index is 1.61. The highest BCUT2D eigenvalue weighted by Crippen LogP contribution is 2.42. The van der Waals surface area contributed by atoms with Crippen LogP contribution in [0, 0.1) is 16.7 Å². The molecular formula is C17H27N3O2. The van der Waals surface area contributed by atoms with Gasteiger partial charge in [-0.05, 0) is 46.2 Å². The highest BCUT2D eigenvalue weighted by Gasteiger charge is 2.48. The van der Waals surface area contributed by atoms with E-state index in [2.05, 4.69) is 25.1 Å². The Morgan fingerprint density at radius 1 is 1.23 bits per heavy atom. The van der Waals surface area contributed by atoms with Crippen LogP contribution in [0.3, 0.4) is 0 Å². The Hall–Kier alpha value is -1.12. The normalized spacial score (nSPS) is 29.9. The molecule has 3 rings (SSSR count). The van der Waals surface area contributed by atoms with Crippen LogP contribution in [0.5, 0.6) is 0 Å².